The number of nitro groups is 3. The fraction of sp³-hybridized carbons (Fsp3) is 0. The summed E-state index contributed by atoms with van der Waals surface area (Å²) in [6.07, 6.45) is 0. The lowest BCUT2D eigenvalue weighted by Gasteiger charge is -1.90. The molecule has 0 heterocycles. The van der Waals surface area contributed by atoms with E-state index in [1.54, 1.807) is 0 Å². The molecule has 3 aromatic carbocycles. The maximum Gasteiger partial charge on any atom is 0.269 e. The smallest absolute Gasteiger partial charge is 0.269 e. The predicted molar refractivity (Wildman–Crippen MR) is 113 cm³/mol. The maximum atomic E-state index is 10.1. The van der Waals surface area contributed by atoms with Crippen molar-refractivity contribution >= 4 is 34.1 Å². The molecule has 0 aliphatic heterocycles. The highest BCUT2D eigenvalue weighted by Gasteiger charge is 2.02. The molecule has 0 radical (unpaired) electrons. The number of nitrogen functional groups attached to an aromatic ring is 3. The van der Waals surface area contributed by atoms with E-state index in [4.69, 9.17) is 17.2 Å². The molecule has 0 saturated carbocycles. The van der Waals surface area contributed by atoms with Gasteiger partial charge in [-0.25, -0.2) is 0 Å². The van der Waals surface area contributed by atoms with Crippen LogP contribution in [0.25, 0.3) is 0 Å². The Balaban J connectivity index is 0.000000225. The number of nitrogens with two attached hydrogens (primary N) is 3. The van der Waals surface area contributed by atoms with E-state index in [9.17, 15) is 30.3 Å². The van der Waals surface area contributed by atoms with Gasteiger partial charge in [-0.2, -0.15) is 0 Å². The summed E-state index contributed by atoms with van der Waals surface area (Å²) in [4.78, 5) is 28.9. The first-order valence-electron chi connectivity index (χ1n) is 8.10. The molecule has 0 aromatic heterocycles. The van der Waals surface area contributed by atoms with E-state index in [0.717, 1.165) is 0 Å². The number of rotatable bonds is 3. The van der Waals surface area contributed by atoms with Gasteiger partial charge in [0.1, 0.15) is 0 Å². The summed E-state index contributed by atoms with van der Waals surface area (Å²) < 4.78 is 0. The summed E-state index contributed by atoms with van der Waals surface area (Å²) in [5.41, 5.74) is 17.7. The Bertz CT molecular complexity index is 859. The third-order valence-electron chi connectivity index (χ3n) is 3.31. The summed E-state index contributed by atoms with van der Waals surface area (Å²) in [7, 11) is 0. The van der Waals surface area contributed by atoms with Crippen LogP contribution in [0.3, 0.4) is 0 Å². The van der Waals surface area contributed by atoms with E-state index in [1.807, 2.05) is 0 Å². The average molecular weight is 414 g/mol. The molecule has 0 atom stereocenters. The van der Waals surface area contributed by atoms with Gasteiger partial charge < -0.3 is 17.2 Å². The second kappa shape index (κ2) is 11.2. The molecule has 0 aliphatic carbocycles. The van der Waals surface area contributed by atoms with Gasteiger partial charge in [0.15, 0.2) is 0 Å². The van der Waals surface area contributed by atoms with Gasteiger partial charge in [-0.05, 0) is 36.4 Å². The minimum atomic E-state index is -0.459. The number of benzene rings is 3. The van der Waals surface area contributed by atoms with Gasteiger partial charge in [0.2, 0.25) is 0 Å². The highest BCUT2D eigenvalue weighted by Crippen LogP contribution is 2.13. The van der Waals surface area contributed by atoms with E-state index < -0.39 is 14.8 Å². The van der Waals surface area contributed by atoms with Crippen LogP contribution in [-0.2, 0) is 0 Å². The van der Waals surface area contributed by atoms with E-state index in [1.165, 1.54) is 72.8 Å². The molecular weight excluding hydrogens is 396 g/mol. The Morgan fingerprint density at radius 2 is 0.600 bits per heavy atom. The van der Waals surface area contributed by atoms with Gasteiger partial charge in [-0.3, -0.25) is 30.3 Å². The molecule has 0 unspecified atom stereocenters. The average Bonchev–Trinajstić information content (AvgIpc) is 2.70. The Morgan fingerprint density at radius 3 is 0.733 bits per heavy atom. The quantitative estimate of drug-likeness (QED) is 0.324. The maximum absolute atomic E-state index is 10.1. The molecule has 156 valence electrons. The van der Waals surface area contributed by atoms with Crippen molar-refractivity contribution in [2.24, 2.45) is 0 Å². The van der Waals surface area contributed by atoms with E-state index in [-0.39, 0.29) is 17.1 Å². The number of nitrogens with zero attached hydrogens (tertiary/aromatic N) is 3. The van der Waals surface area contributed by atoms with Crippen LogP contribution in [0.4, 0.5) is 34.1 Å². The van der Waals surface area contributed by atoms with Gasteiger partial charge >= 0.3 is 0 Å². The molecular formula is C18H18N6O6. The Labute approximate surface area is 170 Å². The summed E-state index contributed by atoms with van der Waals surface area (Å²) >= 11 is 0. The van der Waals surface area contributed by atoms with Crippen LogP contribution in [0.5, 0.6) is 0 Å². The summed E-state index contributed by atoms with van der Waals surface area (Å²) in [5, 5.41) is 30.2. The van der Waals surface area contributed by atoms with Crippen LogP contribution < -0.4 is 17.2 Å². The van der Waals surface area contributed by atoms with Crippen LogP contribution in [0, 0.1) is 30.3 Å². The van der Waals surface area contributed by atoms with Crippen LogP contribution >= 0.6 is 0 Å². The van der Waals surface area contributed by atoms with Crippen LogP contribution in [-0.4, -0.2) is 14.8 Å². The summed E-state index contributed by atoms with van der Waals surface area (Å²) in [5.74, 6) is 0. The molecule has 3 aromatic rings. The largest absolute Gasteiger partial charge is 0.399 e. The van der Waals surface area contributed by atoms with Crippen molar-refractivity contribution in [1.82, 2.24) is 0 Å². The number of non-ortho nitro benzene ring substituents is 3. The molecule has 12 nitrogen and oxygen atoms in total. The monoisotopic (exact) mass is 414 g/mol. The van der Waals surface area contributed by atoms with Crippen molar-refractivity contribution in [3.8, 4) is 0 Å². The van der Waals surface area contributed by atoms with Gasteiger partial charge in [-0.1, -0.05) is 0 Å². The van der Waals surface area contributed by atoms with E-state index in [2.05, 4.69) is 0 Å². The SMILES string of the molecule is Nc1ccc([N+](=O)[O-])cc1.Nc1ccc([N+](=O)[O-])cc1.Nc1ccc([N+](=O)[O-])cc1. The molecule has 0 spiro atoms. The number of hydrogen-bond acceptors (Lipinski definition) is 9. The van der Waals surface area contributed by atoms with Crippen molar-refractivity contribution < 1.29 is 14.8 Å². The van der Waals surface area contributed by atoms with Crippen molar-refractivity contribution in [2.45, 2.75) is 0 Å². The molecule has 0 amide bonds. The zero-order chi connectivity index (χ0) is 22.7. The fourth-order valence-corrected chi connectivity index (χ4v) is 1.79. The molecule has 0 aliphatic rings. The molecule has 0 bridgehead atoms. The number of anilines is 3. The molecule has 6 N–H and O–H groups in total. The zero-order valence-corrected chi connectivity index (χ0v) is 15.5. The lowest BCUT2D eigenvalue weighted by molar-refractivity contribution is -0.385. The Kier molecular flexibility index (Phi) is 8.68. The van der Waals surface area contributed by atoms with Gasteiger partial charge in [0.05, 0.1) is 14.8 Å². The first-order valence-corrected chi connectivity index (χ1v) is 8.10. The fourth-order valence-electron chi connectivity index (χ4n) is 1.79. The van der Waals surface area contributed by atoms with Crippen molar-refractivity contribution in [2.75, 3.05) is 17.2 Å². The second-order valence-electron chi connectivity index (χ2n) is 5.55. The van der Waals surface area contributed by atoms with Crippen LogP contribution in [0.15, 0.2) is 72.8 Å². The number of hydrogen-bond donors (Lipinski definition) is 3. The Hall–Kier alpha value is -4.74. The predicted octanol–water partition coefficient (Wildman–Crippen LogP) is 3.53. The molecule has 0 saturated heterocycles. The van der Waals surface area contributed by atoms with Crippen molar-refractivity contribution in [3.05, 3.63) is 103 Å². The third kappa shape index (κ3) is 8.30. The second-order valence-corrected chi connectivity index (χ2v) is 5.55. The van der Waals surface area contributed by atoms with Gasteiger partial charge in [0, 0.05) is 53.5 Å². The lowest BCUT2D eigenvalue weighted by atomic mass is 10.3. The third-order valence-corrected chi connectivity index (χ3v) is 3.31. The number of nitro benzene ring substituents is 3. The zero-order valence-electron chi connectivity index (χ0n) is 15.5. The normalized spacial score (nSPS) is 9.20. The first kappa shape index (κ1) is 23.3. The first-order chi connectivity index (χ1) is 14.1. The molecule has 30 heavy (non-hydrogen) atoms. The van der Waals surface area contributed by atoms with Crippen molar-refractivity contribution in [1.29, 1.82) is 0 Å². The molecule has 3 rings (SSSR count). The summed E-state index contributed by atoms with van der Waals surface area (Å²) in [6, 6.07) is 17.2. The highest BCUT2D eigenvalue weighted by atomic mass is 16.6. The minimum Gasteiger partial charge on any atom is -0.399 e. The molecule has 0 fully saturated rings. The van der Waals surface area contributed by atoms with Gasteiger partial charge in [0.25, 0.3) is 17.1 Å². The van der Waals surface area contributed by atoms with Crippen LogP contribution in [0.2, 0.25) is 0 Å². The Morgan fingerprint density at radius 1 is 0.433 bits per heavy atom. The van der Waals surface area contributed by atoms with Crippen LogP contribution in [0.1, 0.15) is 0 Å². The topological polar surface area (TPSA) is 207 Å². The minimum absolute atomic E-state index is 0.0641. The van der Waals surface area contributed by atoms with Crippen molar-refractivity contribution in [3.63, 3.8) is 0 Å². The standard InChI is InChI=1S/3C6H6N2O2/c3*7-5-1-3-6(4-2-5)8(9)10/h3*1-4H,7H2. The highest BCUT2D eigenvalue weighted by molar-refractivity contribution is 5.45. The van der Waals surface area contributed by atoms with E-state index >= 15 is 0 Å². The molecule has 12 heteroatoms. The van der Waals surface area contributed by atoms with E-state index in [0.29, 0.717) is 17.1 Å². The summed E-state index contributed by atoms with van der Waals surface area (Å²) in [6.45, 7) is 0. The van der Waals surface area contributed by atoms with Gasteiger partial charge in [-0.15, -0.1) is 0 Å². The lowest BCUT2D eigenvalue weighted by Crippen LogP contribution is -1.88.